The maximum Gasteiger partial charge on any atom is 0.491 e. The molecule has 0 radical (unpaired) electrons. The van der Waals surface area contributed by atoms with Crippen LogP contribution in [0.25, 0.3) is 10.9 Å². The lowest BCUT2D eigenvalue weighted by atomic mass is 9.86. The molecule has 4 rings (SSSR count). The Hall–Kier alpha value is -3.37. The number of ether oxygens (including phenoxy) is 3. The number of halogens is 3. The van der Waals surface area contributed by atoms with Crippen LogP contribution in [-0.4, -0.2) is 55.4 Å². The third-order valence-corrected chi connectivity index (χ3v) is 6.86. The molecule has 0 bridgehead atoms. The van der Waals surface area contributed by atoms with Gasteiger partial charge in [0.15, 0.2) is 0 Å². The number of hydrogen-bond donors (Lipinski definition) is 1. The fourth-order valence-electron chi connectivity index (χ4n) is 5.04. The van der Waals surface area contributed by atoms with Gasteiger partial charge in [-0.3, -0.25) is 4.90 Å². The molecule has 0 aliphatic carbocycles. The van der Waals surface area contributed by atoms with Crippen LogP contribution < -0.4 is 4.74 Å². The number of rotatable bonds is 7. The zero-order chi connectivity index (χ0) is 26.7. The Balaban J connectivity index is 1.61. The number of nitrogens with zero attached hydrogens (tertiary/aromatic N) is 1. The Labute approximate surface area is 212 Å². The highest BCUT2D eigenvalue weighted by Gasteiger charge is 2.42. The predicted molar refractivity (Wildman–Crippen MR) is 130 cm³/mol. The molecule has 198 valence electrons. The van der Waals surface area contributed by atoms with Crippen molar-refractivity contribution in [1.29, 1.82) is 0 Å². The van der Waals surface area contributed by atoms with Gasteiger partial charge >= 0.3 is 18.1 Å². The van der Waals surface area contributed by atoms with Crippen molar-refractivity contribution in [3.05, 3.63) is 64.8 Å². The Morgan fingerprint density at radius 3 is 2.51 bits per heavy atom. The van der Waals surface area contributed by atoms with Crippen molar-refractivity contribution in [3.63, 3.8) is 0 Å². The molecular formula is C27H29F3N2O5. The number of hydrogen-bond acceptors (Lipinski definition) is 6. The van der Waals surface area contributed by atoms with Crippen LogP contribution in [0.2, 0.25) is 0 Å². The van der Waals surface area contributed by atoms with E-state index in [1.165, 1.54) is 12.1 Å². The summed E-state index contributed by atoms with van der Waals surface area (Å²) in [5.74, 6) is -2.75. The molecule has 0 saturated carbocycles. The Kier molecular flexibility index (Phi) is 7.89. The first-order chi connectivity index (χ1) is 17.6. The average molecular weight is 519 g/mol. The third kappa shape index (κ3) is 5.80. The van der Waals surface area contributed by atoms with E-state index in [2.05, 4.69) is 14.6 Å². The SMILES string of the molecule is COC[C@@H]1CCN(Cc2c(OC)cc(C)c3[nH]ccc23)[C@H](c2ccc(C(=O)OC(=O)C(F)(F)F)cc2)C1. The molecule has 1 saturated heterocycles. The number of aryl methyl sites for hydroxylation is 1. The first kappa shape index (κ1) is 26.7. The minimum absolute atomic E-state index is 0.0317. The van der Waals surface area contributed by atoms with E-state index < -0.39 is 18.1 Å². The average Bonchev–Trinajstić information content (AvgIpc) is 3.37. The zero-order valence-corrected chi connectivity index (χ0v) is 20.9. The van der Waals surface area contributed by atoms with Crippen LogP contribution in [0.1, 0.15) is 45.9 Å². The summed E-state index contributed by atoms with van der Waals surface area (Å²) >= 11 is 0. The first-order valence-electron chi connectivity index (χ1n) is 11.9. The monoisotopic (exact) mass is 518 g/mol. The van der Waals surface area contributed by atoms with Crippen molar-refractivity contribution >= 4 is 22.8 Å². The number of H-pyrrole nitrogens is 1. The van der Waals surface area contributed by atoms with Crippen LogP contribution in [0.4, 0.5) is 13.2 Å². The second kappa shape index (κ2) is 10.9. The van der Waals surface area contributed by atoms with Gasteiger partial charge in [0.1, 0.15) is 5.75 Å². The Morgan fingerprint density at radius 2 is 1.86 bits per heavy atom. The van der Waals surface area contributed by atoms with Gasteiger partial charge in [0, 0.05) is 49.0 Å². The lowest BCUT2D eigenvalue weighted by molar-refractivity contribution is -0.193. The number of carbonyl (C=O) groups excluding carboxylic acids is 2. The number of piperidine rings is 1. The van der Waals surface area contributed by atoms with E-state index in [0.717, 1.165) is 52.7 Å². The van der Waals surface area contributed by atoms with Gasteiger partial charge in [0.2, 0.25) is 0 Å². The van der Waals surface area contributed by atoms with Crippen molar-refractivity contribution in [2.24, 2.45) is 5.92 Å². The molecule has 3 aromatic rings. The highest BCUT2D eigenvalue weighted by Crippen LogP contribution is 2.39. The summed E-state index contributed by atoms with van der Waals surface area (Å²) < 4.78 is 52.4. The van der Waals surface area contributed by atoms with Gasteiger partial charge in [0.05, 0.1) is 12.7 Å². The molecule has 10 heteroatoms. The van der Waals surface area contributed by atoms with E-state index in [4.69, 9.17) is 9.47 Å². The molecule has 0 spiro atoms. The predicted octanol–water partition coefficient (Wildman–Crippen LogP) is 5.33. The summed E-state index contributed by atoms with van der Waals surface area (Å²) in [5.41, 5.74) is 3.97. The fourth-order valence-corrected chi connectivity index (χ4v) is 5.04. The molecule has 37 heavy (non-hydrogen) atoms. The summed E-state index contributed by atoms with van der Waals surface area (Å²) in [6, 6.07) is 10.2. The number of aromatic nitrogens is 1. The molecule has 0 amide bonds. The van der Waals surface area contributed by atoms with Gasteiger partial charge in [-0.25, -0.2) is 9.59 Å². The number of alkyl halides is 3. The van der Waals surface area contributed by atoms with Crippen LogP contribution in [0.15, 0.2) is 42.6 Å². The molecule has 1 aliphatic rings. The van der Waals surface area contributed by atoms with Crippen molar-refractivity contribution in [2.75, 3.05) is 27.4 Å². The molecule has 7 nitrogen and oxygen atoms in total. The van der Waals surface area contributed by atoms with Crippen LogP contribution in [-0.2, 0) is 20.8 Å². The minimum Gasteiger partial charge on any atom is -0.496 e. The van der Waals surface area contributed by atoms with E-state index in [0.29, 0.717) is 19.1 Å². The lowest BCUT2D eigenvalue weighted by Gasteiger charge is -2.40. The van der Waals surface area contributed by atoms with Gasteiger partial charge in [-0.1, -0.05) is 12.1 Å². The molecule has 1 N–H and O–H groups in total. The van der Waals surface area contributed by atoms with Gasteiger partial charge in [-0.05, 0) is 67.6 Å². The quantitative estimate of drug-likeness (QED) is 0.336. The number of aromatic amines is 1. The summed E-state index contributed by atoms with van der Waals surface area (Å²) in [7, 11) is 3.32. The van der Waals surface area contributed by atoms with Crippen LogP contribution in [0.3, 0.4) is 0 Å². The second-order valence-corrected chi connectivity index (χ2v) is 9.27. The van der Waals surface area contributed by atoms with Crippen molar-refractivity contribution in [2.45, 2.75) is 38.5 Å². The lowest BCUT2D eigenvalue weighted by Crippen LogP contribution is -2.37. The highest BCUT2D eigenvalue weighted by molar-refractivity contribution is 5.98. The van der Waals surface area contributed by atoms with Crippen molar-refractivity contribution in [3.8, 4) is 5.75 Å². The zero-order valence-electron chi connectivity index (χ0n) is 20.9. The third-order valence-electron chi connectivity index (χ3n) is 6.86. The van der Waals surface area contributed by atoms with E-state index in [9.17, 15) is 22.8 Å². The molecule has 1 aromatic heterocycles. The van der Waals surface area contributed by atoms with Gasteiger partial charge in [-0.15, -0.1) is 0 Å². The maximum atomic E-state index is 12.5. The van der Waals surface area contributed by atoms with Crippen molar-refractivity contribution in [1.82, 2.24) is 9.88 Å². The standard InChI is InChI=1S/C27H29F3N2O5/c1-16-12-23(36-3)21(20-8-10-31-24(16)20)14-32-11-9-17(15-35-2)13-22(32)18-4-6-19(7-5-18)25(33)37-26(34)27(28,29)30/h4-8,10,12,17,22,31H,9,11,13-15H2,1-3H3/t17-,22+/m1/s1. The fraction of sp³-hybridized carbons (Fsp3) is 0.407. The largest absolute Gasteiger partial charge is 0.496 e. The number of nitrogens with one attached hydrogen (secondary N) is 1. The molecular weight excluding hydrogens is 489 g/mol. The van der Waals surface area contributed by atoms with Gasteiger partial charge in [-0.2, -0.15) is 13.2 Å². The maximum absolute atomic E-state index is 12.5. The van der Waals surface area contributed by atoms with Gasteiger partial charge < -0.3 is 19.2 Å². The van der Waals surface area contributed by atoms with Crippen LogP contribution in [0, 0.1) is 12.8 Å². The smallest absolute Gasteiger partial charge is 0.491 e. The molecule has 1 aliphatic heterocycles. The number of fused-ring (bicyclic) bond motifs is 1. The van der Waals surface area contributed by atoms with E-state index in [1.807, 2.05) is 25.3 Å². The van der Waals surface area contributed by atoms with E-state index in [-0.39, 0.29) is 11.6 Å². The topological polar surface area (TPSA) is 80.9 Å². The number of benzene rings is 2. The first-order valence-corrected chi connectivity index (χ1v) is 11.9. The van der Waals surface area contributed by atoms with Crippen LogP contribution >= 0.6 is 0 Å². The molecule has 2 heterocycles. The van der Waals surface area contributed by atoms with E-state index >= 15 is 0 Å². The number of esters is 2. The molecule has 2 aromatic carbocycles. The minimum atomic E-state index is -5.24. The summed E-state index contributed by atoms with van der Waals surface area (Å²) in [5, 5.41) is 1.09. The highest BCUT2D eigenvalue weighted by atomic mass is 19.4. The van der Waals surface area contributed by atoms with Gasteiger partial charge in [0.25, 0.3) is 0 Å². The number of likely N-dealkylation sites (tertiary alicyclic amines) is 1. The summed E-state index contributed by atoms with van der Waals surface area (Å²) in [6.07, 6.45) is -1.59. The Bertz CT molecular complexity index is 1270. The molecule has 0 unspecified atom stereocenters. The van der Waals surface area contributed by atoms with E-state index in [1.54, 1.807) is 26.4 Å². The van der Waals surface area contributed by atoms with Crippen LogP contribution in [0.5, 0.6) is 5.75 Å². The normalized spacial score (nSPS) is 18.6. The summed E-state index contributed by atoms with van der Waals surface area (Å²) in [4.78, 5) is 28.7. The molecule has 2 atom stereocenters. The second-order valence-electron chi connectivity index (χ2n) is 9.27. The summed E-state index contributed by atoms with van der Waals surface area (Å²) in [6.45, 7) is 4.06. The number of methoxy groups -OCH3 is 2. The molecule has 1 fully saturated rings. The Morgan fingerprint density at radius 1 is 1.14 bits per heavy atom. The van der Waals surface area contributed by atoms with Crippen molar-refractivity contribution < 1.29 is 37.0 Å². The number of carbonyl (C=O) groups is 2.